The molecule has 1 aliphatic rings. The molecule has 24 heavy (non-hydrogen) atoms. The normalized spacial score (nSPS) is 15.9. The van der Waals surface area contributed by atoms with Crippen molar-refractivity contribution in [1.82, 2.24) is 19.5 Å². The maximum absolute atomic E-state index is 12.5. The fourth-order valence-electron chi connectivity index (χ4n) is 2.94. The van der Waals surface area contributed by atoms with Gasteiger partial charge in [-0.3, -0.25) is 9.36 Å². The third kappa shape index (κ3) is 3.74. The van der Waals surface area contributed by atoms with Crippen LogP contribution in [0.1, 0.15) is 30.8 Å². The summed E-state index contributed by atoms with van der Waals surface area (Å²) >= 11 is 0. The number of aryl methyl sites for hydroxylation is 1. The van der Waals surface area contributed by atoms with E-state index in [1.54, 1.807) is 6.20 Å². The van der Waals surface area contributed by atoms with Gasteiger partial charge in [0.15, 0.2) is 0 Å². The van der Waals surface area contributed by atoms with E-state index in [-0.39, 0.29) is 0 Å². The van der Waals surface area contributed by atoms with Crippen LogP contribution in [0.15, 0.2) is 29.5 Å². The summed E-state index contributed by atoms with van der Waals surface area (Å²) in [5, 5.41) is 0. The van der Waals surface area contributed by atoms with E-state index in [2.05, 4.69) is 19.9 Å². The van der Waals surface area contributed by atoms with Gasteiger partial charge in [0.2, 0.25) is 0 Å². The van der Waals surface area contributed by atoms with Crippen LogP contribution in [0.3, 0.4) is 0 Å². The van der Waals surface area contributed by atoms with Crippen molar-refractivity contribution in [3.05, 3.63) is 46.5 Å². The zero-order chi connectivity index (χ0) is 17.1. The zero-order valence-corrected chi connectivity index (χ0v) is 13.4. The molecular weight excluding hydrogens is 316 g/mol. The summed E-state index contributed by atoms with van der Waals surface area (Å²) in [6, 6.07) is 2.81. The molecule has 0 aromatic carbocycles. The minimum Gasteiger partial charge on any atom is -0.356 e. The van der Waals surface area contributed by atoms with Gasteiger partial charge in [-0.05, 0) is 31.7 Å². The lowest BCUT2D eigenvalue weighted by Crippen LogP contribution is -2.37. The smallest absolute Gasteiger partial charge is 0.280 e. The molecule has 0 aliphatic carbocycles. The van der Waals surface area contributed by atoms with Crippen LogP contribution in [0.4, 0.5) is 14.6 Å². The Hall–Kier alpha value is -2.38. The van der Waals surface area contributed by atoms with Gasteiger partial charge in [0, 0.05) is 31.9 Å². The molecule has 0 N–H and O–H groups in total. The van der Waals surface area contributed by atoms with Gasteiger partial charge in [-0.25, -0.2) is 23.7 Å². The number of hydrogen-bond acceptors (Lipinski definition) is 5. The van der Waals surface area contributed by atoms with Gasteiger partial charge >= 0.3 is 0 Å². The fourth-order valence-corrected chi connectivity index (χ4v) is 2.94. The van der Waals surface area contributed by atoms with Gasteiger partial charge in [-0.2, -0.15) is 0 Å². The highest BCUT2D eigenvalue weighted by Crippen LogP contribution is 2.22. The van der Waals surface area contributed by atoms with Crippen LogP contribution in [0.2, 0.25) is 0 Å². The molecule has 0 unspecified atom stereocenters. The van der Waals surface area contributed by atoms with E-state index < -0.39 is 17.7 Å². The van der Waals surface area contributed by atoms with Crippen LogP contribution in [0, 0.1) is 12.8 Å². The summed E-state index contributed by atoms with van der Waals surface area (Å²) in [7, 11) is 0. The average Bonchev–Trinajstić information content (AvgIpc) is 2.57. The molecule has 0 bridgehead atoms. The molecule has 0 spiro atoms. The Morgan fingerprint density at radius 1 is 1.29 bits per heavy atom. The molecule has 1 aliphatic heterocycles. The molecule has 0 amide bonds. The molecule has 0 atom stereocenters. The molecule has 8 heteroatoms. The Bertz CT molecular complexity index is 756. The van der Waals surface area contributed by atoms with Gasteiger partial charge in [0.05, 0.1) is 6.33 Å². The first-order valence-electron chi connectivity index (χ1n) is 7.92. The highest BCUT2D eigenvalue weighted by Gasteiger charge is 2.21. The summed E-state index contributed by atoms with van der Waals surface area (Å²) in [4.78, 5) is 26.3. The molecule has 6 nitrogen and oxygen atoms in total. The Balaban J connectivity index is 1.60. The number of nitrogens with zero attached hydrogens (tertiary/aromatic N) is 5. The molecule has 128 valence electrons. The van der Waals surface area contributed by atoms with E-state index in [1.165, 1.54) is 10.9 Å². The highest BCUT2D eigenvalue weighted by molar-refractivity contribution is 5.37. The van der Waals surface area contributed by atoms with Gasteiger partial charge in [-0.15, -0.1) is 0 Å². The van der Waals surface area contributed by atoms with Gasteiger partial charge in [-0.1, -0.05) is 0 Å². The quantitative estimate of drug-likeness (QED) is 0.857. The average molecular weight is 335 g/mol. The second-order valence-electron chi connectivity index (χ2n) is 6.00. The predicted molar refractivity (Wildman–Crippen MR) is 85.2 cm³/mol. The van der Waals surface area contributed by atoms with Crippen LogP contribution in [0.25, 0.3) is 0 Å². The number of halogens is 2. The van der Waals surface area contributed by atoms with Crippen LogP contribution in [-0.4, -0.2) is 32.6 Å². The van der Waals surface area contributed by atoms with Crippen molar-refractivity contribution < 1.29 is 8.78 Å². The van der Waals surface area contributed by atoms with E-state index in [0.29, 0.717) is 12.5 Å². The van der Waals surface area contributed by atoms with Gasteiger partial charge < -0.3 is 4.90 Å². The fraction of sp³-hybridized carbons (Fsp3) is 0.500. The Kier molecular flexibility index (Phi) is 4.82. The molecule has 2 aromatic heterocycles. The second-order valence-corrected chi connectivity index (χ2v) is 6.00. The third-order valence-corrected chi connectivity index (χ3v) is 4.28. The van der Waals surface area contributed by atoms with Gasteiger partial charge in [0.25, 0.3) is 12.0 Å². The number of rotatable bonds is 4. The van der Waals surface area contributed by atoms with E-state index in [1.807, 2.05) is 13.0 Å². The van der Waals surface area contributed by atoms with E-state index >= 15 is 0 Å². The van der Waals surface area contributed by atoms with Crippen molar-refractivity contribution in [2.75, 3.05) is 18.0 Å². The van der Waals surface area contributed by atoms with E-state index in [0.717, 1.165) is 43.6 Å². The summed E-state index contributed by atoms with van der Waals surface area (Å²) < 4.78 is 26.5. The minimum absolute atomic E-state index is 0.320. The van der Waals surface area contributed by atoms with Gasteiger partial charge in [0.1, 0.15) is 17.3 Å². The Morgan fingerprint density at radius 2 is 2.04 bits per heavy atom. The minimum atomic E-state index is -2.72. The predicted octanol–water partition coefficient (Wildman–Crippen LogP) is 2.20. The first kappa shape index (κ1) is 16.5. The lowest BCUT2D eigenvalue weighted by atomic mass is 9.96. The Morgan fingerprint density at radius 3 is 2.67 bits per heavy atom. The number of alkyl halides is 2. The summed E-state index contributed by atoms with van der Waals surface area (Å²) in [6.45, 7) is 4.06. The molecule has 3 rings (SSSR count). The Labute approximate surface area is 138 Å². The van der Waals surface area contributed by atoms with E-state index in [4.69, 9.17) is 0 Å². The second kappa shape index (κ2) is 7.02. The number of hydrogen-bond donors (Lipinski definition) is 0. The topological polar surface area (TPSA) is 63.9 Å². The molecule has 0 saturated carbocycles. The third-order valence-electron chi connectivity index (χ3n) is 4.28. The zero-order valence-electron chi connectivity index (χ0n) is 13.4. The van der Waals surface area contributed by atoms with Crippen molar-refractivity contribution in [3.63, 3.8) is 0 Å². The van der Waals surface area contributed by atoms with Crippen molar-refractivity contribution in [2.24, 2.45) is 5.92 Å². The lowest BCUT2D eigenvalue weighted by molar-refractivity contribution is 0.145. The number of piperidine rings is 1. The van der Waals surface area contributed by atoms with Crippen molar-refractivity contribution in [2.45, 2.75) is 32.7 Å². The van der Waals surface area contributed by atoms with Crippen LogP contribution in [-0.2, 0) is 6.54 Å². The first-order chi connectivity index (χ1) is 11.5. The molecule has 3 heterocycles. The largest absolute Gasteiger partial charge is 0.356 e. The monoisotopic (exact) mass is 335 g/mol. The van der Waals surface area contributed by atoms with Crippen molar-refractivity contribution in [1.29, 1.82) is 0 Å². The van der Waals surface area contributed by atoms with Crippen LogP contribution < -0.4 is 10.5 Å². The summed E-state index contributed by atoms with van der Waals surface area (Å²) in [5.74, 6) is 1.98. The number of aromatic nitrogens is 4. The molecule has 1 saturated heterocycles. The standard InChI is InChI=1S/C16H19F2N5O/c1-11-19-5-2-14(21-11)22-6-3-12(4-7-22)9-23-10-20-13(16(17)18)8-15(23)24/h2,5,8,10,12,16H,3-4,6-7,9H2,1H3. The van der Waals surface area contributed by atoms with Crippen molar-refractivity contribution in [3.8, 4) is 0 Å². The lowest BCUT2D eigenvalue weighted by Gasteiger charge is -2.33. The molecule has 2 aromatic rings. The van der Waals surface area contributed by atoms with Crippen LogP contribution in [0.5, 0.6) is 0 Å². The maximum Gasteiger partial charge on any atom is 0.280 e. The number of anilines is 1. The summed E-state index contributed by atoms with van der Waals surface area (Å²) in [6.07, 6.45) is 2.08. The molecular formula is C16H19F2N5O. The SMILES string of the molecule is Cc1nccc(N2CCC(Cn3cnc(C(F)F)cc3=O)CC2)n1. The molecule has 0 radical (unpaired) electrons. The molecule has 1 fully saturated rings. The van der Waals surface area contributed by atoms with Crippen molar-refractivity contribution >= 4 is 5.82 Å². The highest BCUT2D eigenvalue weighted by atomic mass is 19.3. The first-order valence-corrected chi connectivity index (χ1v) is 7.92. The van der Waals surface area contributed by atoms with E-state index in [9.17, 15) is 13.6 Å². The summed E-state index contributed by atoms with van der Waals surface area (Å²) in [5.41, 5.74) is -0.889. The van der Waals surface area contributed by atoms with Crippen LogP contribution >= 0.6 is 0 Å². The maximum atomic E-state index is 12.5.